The third-order valence-electron chi connectivity index (χ3n) is 4.75. The van der Waals surface area contributed by atoms with Gasteiger partial charge < -0.3 is 19.9 Å². The van der Waals surface area contributed by atoms with Crippen molar-refractivity contribution in [2.45, 2.75) is 31.8 Å². The summed E-state index contributed by atoms with van der Waals surface area (Å²) in [5.74, 6) is 0.0548. The van der Waals surface area contributed by atoms with Gasteiger partial charge in [0.15, 0.2) is 0 Å². The third-order valence-corrected chi connectivity index (χ3v) is 5.62. The lowest BCUT2D eigenvalue weighted by Gasteiger charge is -2.35. The van der Waals surface area contributed by atoms with E-state index in [1.165, 1.54) is 11.3 Å². The van der Waals surface area contributed by atoms with E-state index < -0.39 is 0 Å². The van der Waals surface area contributed by atoms with Gasteiger partial charge in [0.1, 0.15) is 6.10 Å². The molecular weight excluding hydrogens is 354 g/mol. The van der Waals surface area contributed by atoms with Crippen LogP contribution in [-0.2, 0) is 14.3 Å². The Morgan fingerprint density at radius 1 is 1.19 bits per heavy atom. The number of carbonyl (C=O) groups is 3. The lowest BCUT2D eigenvalue weighted by molar-refractivity contribution is -0.146. The smallest absolute Gasteiger partial charge is 0.261 e. The van der Waals surface area contributed by atoms with Gasteiger partial charge >= 0.3 is 0 Å². The molecule has 0 saturated carbocycles. The molecule has 0 spiro atoms. The molecule has 2 aliphatic rings. The largest absolute Gasteiger partial charge is 0.368 e. The molecule has 1 aromatic rings. The summed E-state index contributed by atoms with van der Waals surface area (Å²) < 4.78 is 5.45. The van der Waals surface area contributed by atoms with E-state index in [0.29, 0.717) is 57.0 Å². The Labute approximate surface area is 157 Å². The molecule has 2 fully saturated rings. The van der Waals surface area contributed by atoms with Gasteiger partial charge in [-0.1, -0.05) is 6.07 Å². The van der Waals surface area contributed by atoms with Crippen LogP contribution in [0.4, 0.5) is 0 Å². The third kappa shape index (κ3) is 4.82. The van der Waals surface area contributed by atoms with Gasteiger partial charge in [-0.25, -0.2) is 0 Å². The number of piperazine rings is 1. The van der Waals surface area contributed by atoms with Crippen molar-refractivity contribution in [2.24, 2.45) is 0 Å². The maximum atomic E-state index is 12.3. The van der Waals surface area contributed by atoms with Crippen LogP contribution >= 0.6 is 11.3 Å². The molecule has 1 N–H and O–H groups in total. The Hall–Kier alpha value is -1.93. The van der Waals surface area contributed by atoms with Crippen molar-refractivity contribution < 1.29 is 19.1 Å². The Balaban J connectivity index is 1.32. The fourth-order valence-corrected chi connectivity index (χ4v) is 3.89. The van der Waals surface area contributed by atoms with Gasteiger partial charge in [0.05, 0.1) is 4.88 Å². The van der Waals surface area contributed by atoms with Crippen molar-refractivity contribution in [1.82, 2.24) is 15.1 Å². The lowest BCUT2D eigenvalue weighted by Crippen LogP contribution is -2.52. The highest BCUT2D eigenvalue weighted by atomic mass is 32.1. The zero-order valence-corrected chi connectivity index (χ0v) is 15.6. The first kappa shape index (κ1) is 18.8. The average molecular weight is 379 g/mol. The van der Waals surface area contributed by atoms with Gasteiger partial charge in [0.2, 0.25) is 5.91 Å². The molecular formula is C18H25N3O4S. The molecule has 3 amide bonds. The highest BCUT2D eigenvalue weighted by Crippen LogP contribution is 2.16. The molecule has 2 aliphatic heterocycles. The van der Waals surface area contributed by atoms with Gasteiger partial charge in [0.25, 0.3) is 11.8 Å². The van der Waals surface area contributed by atoms with Crippen molar-refractivity contribution in [3.63, 3.8) is 0 Å². The fourth-order valence-electron chi connectivity index (χ4n) is 3.25. The Morgan fingerprint density at radius 2 is 1.96 bits per heavy atom. The first-order chi connectivity index (χ1) is 12.6. The normalized spacial score (nSPS) is 20.2. The van der Waals surface area contributed by atoms with E-state index in [-0.39, 0.29) is 23.8 Å². The Kier molecular flexibility index (Phi) is 6.62. The molecule has 3 rings (SSSR count). The van der Waals surface area contributed by atoms with E-state index in [2.05, 4.69) is 5.32 Å². The summed E-state index contributed by atoms with van der Waals surface area (Å²) in [7, 11) is 0. The fraction of sp³-hybridized carbons (Fsp3) is 0.611. The molecule has 1 aromatic heterocycles. The minimum absolute atomic E-state index is 0.0610. The van der Waals surface area contributed by atoms with Crippen LogP contribution in [0.2, 0.25) is 0 Å². The Bertz CT molecular complexity index is 620. The second-order valence-electron chi connectivity index (χ2n) is 6.54. The quantitative estimate of drug-likeness (QED) is 0.751. The van der Waals surface area contributed by atoms with E-state index in [1.807, 2.05) is 11.4 Å². The van der Waals surface area contributed by atoms with Crippen molar-refractivity contribution >= 4 is 29.1 Å². The molecule has 1 atom stereocenters. The number of nitrogens with zero attached hydrogens (tertiary/aromatic N) is 2. The second-order valence-corrected chi connectivity index (χ2v) is 7.49. The first-order valence-corrected chi connectivity index (χ1v) is 10.0. The van der Waals surface area contributed by atoms with E-state index in [9.17, 15) is 14.4 Å². The van der Waals surface area contributed by atoms with Crippen molar-refractivity contribution in [2.75, 3.05) is 39.3 Å². The molecule has 26 heavy (non-hydrogen) atoms. The summed E-state index contributed by atoms with van der Waals surface area (Å²) in [6.07, 6.45) is 2.48. The molecule has 1 unspecified atom stereocenters. The van der Waals surface area contributed by atoms with Crippen LogP contribution in [-0.4, -0.2) is 73.0 Å². The van der Waals surface area contributed by atoms with Crippen LogP contribution in [0.1, 0.15) is 35.4 Å². The molecule has 2 saturated heterocycles. The number of hydrogen-bond donors (Lipinski definition) is 1. The molecule has 7 nitrogen and oxygen atoms in total. The predicted octanol–water partition coefficient (Wildman–Crippen LogP) is 1.11. The molecule has 3 heterocycles. The maximum absolute atomic E-state index is 12.3. The standard InChI is InChI=1S/C18H25N3O4S/c22-16(6-1-7-19-17(23)15-5-3-13-26-15)20-8-10-21(11-9-20)18(24)14-4-2-12-25-14/h3,5,13-14H,1-2,4,6-12H2,(H,19,23). The highest BCUT2D eigenvalue weighted by Gasteiger charge is 2.31. The van der Waals surface area contributed by atoms with Crippen LogP contribution in [0, 0.1) is 0 Å². The van der Waals surface area contributed by atoms with E-state index in [4.69, 9.17) is 4.74 Å². The number of hydrogen-bond acceptors (Lipinski definition) is 5. The molecule has 8 heteroatoms. The van der Waals surface area contributed by atoms with Crippen molar-refractivity contribution in [1.29, 1.82) is 0 Å². The van der Waals surface area contributed by atoms with Gasteiger partial charge in [-0.05, 0) is 30.7 Å². The molecule has 0 aliphatic carbocycles. The zero-order valence-electron chi connectivity index (χ0n) is 14.8. The second kappa shape index (κ2) is 9.14. The van der Waals surface area contributed by atoms with Crippen LogP contribution in [0.25, 0.3) is 0 Å². The molecule has 0 radical (unpaired) electrons. The summed E-state index contributed by atoms with van der Waals surface area (Å²) in [4.78, 5) is 40.7. The maximum Gasteiger partial charge on any atom is 0.261 e. The summed E-state index contributed by atoms with van der Waals surface area (Å²) in [5, 5.41) is 4.69. The van der Waals surface area contributed by atoms with E-state index >= 15 is 0 Å². The van der Waals surface area contributed by atoms with Crippen LogP contribution in [0.3, 0.4) is 0 Å². The monoisotopic (exact) mass is 379 g/mol. The average Bonchev–Trinajstić information content (AvgIpc) is 3.38. The van der Waals surface area contributed by atoms with Crippen LogP contribution in [0.15, 0.2) is 17.5 Å². The number of carbonyl (C=O) groups excluding carboxylic acids is 3. The van der Waals surface area contributed by atoms with Gasteiger partial charge in [0, 0.05) is 45.8 Å². The van der Waals surface area contributed by atoms with E-state index in [0.717, 1.165) is 12.8 Å². The number of nitrogens with one attached hydrogen (secondary N) is 1. The Morgan fingerprint density at radius 3 is 2.62 bits per heavy atom. The molecule has 142 valence electrons. The first-order valence-electron chi connectivity index (χ1n) is 9.15. The number of rotatable bonds is 6. The molecule has 0 bridgehead atoms. The summed E-state index contributed by atoms with van der Waals surface area (Å²) in [6.45, 7) is 3.43. The summed E-state index contributed by atoms with van der Waals surface area (Å²) in [6, 6.07) is 3.62. The predicted molar refractivity (Wildman–Crippen MR) is 98.0 cm³/mol. The summed E-state index contributed by atoms with van der Waals surface area (Å²) in [5.41, 5.74) is 0. The topological polar surface area (TPSA) is 79.0 Å². The minimum Gasteiger partial charge on any atom is -0.368 e. The van der Waals surface area contributed by atoms with Crippen molar-refractivity contribution in [3.05, 3.63) is 22.4 Å². The van der Waals surface area contributed by atoms with Gasteiger partial charge in [-0.15, -0.1) is 11.3 Å². The van der Waals surface area contributed by atoms with Crippen LogP contribution < -0.4 is 5.32 Å². The lowest BCUT2D eigenvalue weighted by atomic mass is 10.2. The minimum atomic E-state index is -0.288. The SMILES string of the molecule is O=C(NCCCC(=O)N1CCN(C(=O)C2CCCO2)CC1)c1cccs1. The highest BCUT2D eigenvalue weighted by molar-refractivity contribution is 7.12. The molecule has 0 aromatic carbocycles. The van der Waals surface area contributed by atoms with Gasteiger partial charge in [-0.3, -0.25) is 14.4 Å². The number of thiophene rings is 1. The van der Waals surface area contributed by atoms with E-state index in [1.54, 1.807) is 15.9 Å². The number of amides is 3. The van der Waals surface area contributed by atoms with Crippen molar-refractivity contribution in [3.8, 4) is 0 Å². The number of ether oxygens (including phenoxy) is 1. The summed E-state index contributed by atoms with van der Waals surface area (Å²) >= 11 is 1.40. The zero-order chi connectivity index (χ0) is 18.4. The van der Waals surface area contributed by atoms with Crippen LogP contribution in [0.5, 0.6) is 0 Å². The van der Waals surface area contributed by atoms with Gasteiger partial charge in [-0.2, -0.15) is 0 Å².